The van der Waals surface area contributed by atoms with Gasteiger partial charge in [-0.2, -0.15) is 0 Å². The van der Waals surface area contributed by atoms with Crippen molar-refractivity contribution in [2.75, 3.05) is 19.6 Å². The predicted molar refractivity (Wildman–Crippen MR) is 178 cm³/mol. The monoisotopic (exact) mass is 670 g/mol. The standard InChI is InChI=1S/C33H47ClN8O5/c1-21(2)16-25(29(44)37-18-22-8-6-7-9-24(22)34)40-30(45)26(17-28(43)38-20-33(3,4)5)41-32(47)42-14-10-23(11-15-42)39-31(46)27-19-35-12-13-36-27/h6-9,12-13,19,21,23,25-26H,10-11,14-18,20H2,1-5H3,(H,37,44)(H,38,43)(H,39,46)(H,40,45)(H,41,47)/t25-,26-/m0/s1. The smallest absolute Gasteiger partial charge is 0.318 e. The molecule has 2 aromatic rings. The first kappa shape index (κ1) is 37.2. The predicted octanol–water partition coefficient (Wildman–Crippen LogP) is 2.80. The number of nitrogens with zero attached hydrogens (tertiary/aromatic N) is 3. The molecule has 0 aliphatic carbocycles. The zero-order valence-electron chi connectivity index (χ0n) is 27.8. The van der Waals surface area contributed by atoms with Crippen molar-refractivity contribution >= 4 is 41.3 Å². The SMILES string of the molecule is CC(C)C[C@H](NC(=O)[C@H](CC(=O)NCC(C)(C)C)NC(=O)N1CCC(NC(=O)c2cnccn2)CC1)C(=O)NCc1ccccc1Cl. The van der Waals surface area contributed by atoms with Gasteiger partial charge < -0.3 is 31.5 Å². The van der Waals surface area contributed by atoms with Gasteiger partial charge in [-0.25, -0.2) is 9.78 Å². The van der Waals surface area contributed by atoms with Crippen molar-refractivity contribution in [1.82, 2.24) is 41.5 Å². The first-order valence-electron chi connectivity index (χ1n) is 15.9. The van der Waals surface area contributed by atoms with E-state index in [1.807, 2.05) is 40.7 Å². The van der Waals surface area contributed by atoms with E-state index in [1.54, 1.807) is 23.1 Å². The van der Waals surface area contributed by atoms with Crippen LogP contribution < -0.4 is 26.6 Å². The largest absolute Gasteiger partial charge is 0.355 e. The molecule has 2 atom stereocenters. The highest BCUT2D eigenvalue weighted by Crippen LogP contribution is 2.16. The van der Waals surface area contributed by atoms with Gasteiger partial charge in [0.2, 0.25) is 17.7 Å². The fraction of sp³-hybridized carbons (Fsp3) is 0.545. The molecule has 0 bridgehead atoms. The molecule has 1 fully saturated rings. The van der Waals surface area contributed by atoms with Crippen LogP contribution in [0.15, 0.2) is 42.9 Å². The Hall–Kier alpha value is -4.26. The molecule has 1 aliphatic rings. The molecule has 256 valence electrons. The first-order valence-corrected chi connectivity index (χ1v) is 16.3. The van der Waals surface area contributed by atoms with Crippen molar-refractivity contribution in [3.05, 3.63) is 59.1 Å². The maximum Gasteiger partial charge on any atom is 0.318 e. The number of aromatic nitrogens is 2. The minimum atomic E-state index is -1.23. The Balaban J connectivity index is 1.65. The zero-order chi connectivity index (χ0) is 34.6. The Kier molecular flexibility index (Phi) is 13.9. The van der Waals surface area contributed by atoms with Gasteiger partial charge in [-0.05, 0) is 42.2 Å². The number of hydrogen-bond donors (Lipinski definition) is 5. The van der Waals surface area contributed by atoms with Gasteiger partial charge in [-0.15, -0.1) is 0 Å². The van der Waals surface area contributed by atoms with Crippen molar-refractivity contribution in [1.29, 1.82) is 0 Å². The van der Waals surface area contributed by atoms with Crippen LogP contribution in [0.1, 0.15) is 76.4 Å². The second-order valence-electron chi connectivity index (χ2n) is 13.4. The lowest BCUT2D eigenvalue weighted by Gasteiger charge is -2.33. The van der Waals surface area contributed by atoms with Crippen LogP contribution >= 0.6 is 11.6 Å². The van der Waals surface area contributed by atoms with Crippen LogP contribution in [-0.2, 0) is 20.9 Å². The Morgan fingerprint density at radius 1 is 0.957 bits per heavy atom. The van der Waals surface area contributed by atoms with E-state index in [-0.39, 0.29) is 41.9 Å². The summed E-state index contributed by atoms with van der Waals surface area (Å²) in [5.41, 5.74) is 0.750. The van der Waals surface area contributed by atoms with Crippen molar-refractivity contribution in [2.45, 2.75) is 85.0 Å². The third kappa shape index (κ3) is 12.8. The lowest BCUT2D eigenvalue weighted by Crippen LogP contribution is -2.58. The molecule has 5 N–H and O–H groups in total. The maximum atomic E-state index is 13.6. The third-order valence-corrected chi connectivity index (χ3v) is 7.85. The van der Waals surface area contributed by atoms with E-state index in [9.17, 15) is 24.0 Å². The minimum Gasteiger partial charge on any atom is -0.355 e. The molecule has 47 heavy (non-hydrogen) atoms. The molecule has 0 spiro atoms. The average molecular weight is 671 g/mol. The van der Waals surface area contributed by atoms with Crippen LogP contribution in [0.2, 0.25) is 5.02 Å². The highest BCUT2D eigenvalue weighted by molar-refractivity contribution is 6.31. The van der Waals surface area contributed by atoms with E-state index in [2.05, 4.69) is 36.6 Å². The summed E-state index contributed by atoms with van der Waals surface area (Å²) in [6, 6.07) is 4.31. The van der Waals surface area contributed by atoms with E-state index in [1.165, 1.54) is 18.6 Å². The lowest BCUT2D eigenvalue weighted by atomic mass is 9.97. The topological polar surface area (TPSA) is 175 Å². The van der Waals surface area contributed by atoms with Crippen LogP contribution in [-0.4, -0.2) is 82.3 Å². The lowest BCUT2D eigenvalue weighted by molar-refractivity contribution is -0.132. The van der Waals surface area contributed by atoms with E-state index in [0.717, 1.165) is 5.56 Å². The molecule has 3 rings (SSSR count). The minimum absolute atomic E-state index is 0.0604. The molecule has 13 nitrogen and oxygen atoms in total. The molecular formula is C33H47ClN8O5. The number of piperidine rings is 1. The fourth-order valence-electron chi connectivity index (χ4n) is 4.90. The Bertz CT molecular complexity index is 1380. The van der Waals surface area contributed by atoms with Crippen molar-refractivity contribution < 1.29 is 24.0 Å². The average Bonchev–Trinajstić information content (AvgIpc) is 3.02. The van der Waals surface area contributed by atoms with Crippen molar-refractivity contribution in [2.24, 2.45) is 11.3 Å². The summed E-state index contributed by atoms with van der Waals surface area (Å²) in [5, 5.41) is 14.6. The van der Waals surface area contributed by atoms with Crippen LogP contribution in [0, 0.1) is 11.3 Å². The molecule has 0 unspecified atom stereocenters. The number of carbonyl (C=O) groups excluding carboxylic acids is 5. The molecule has 2 heterocycles. The molecule has 0 radical (unpaired) electrons. The summed E-state index contributed by atoms with van der Waals surface area (Å²) >= 11 is 6.24. The molecule has 1 aliphatic heterocycles. The summed E-state index contributed by atoms with van der Waals surface area (Å²) in [6.07, 6.45) is 5.32. The van der Waals surface area contributed by atoms with Gasteiger partial charge >= 0.3 is 6.03 Å². The Morgan fingerprint density at radius 3 is 2.28 bits per heavy atom. The zero-order valence-corrected chi connectivity index (χ0v) is 28.5. The summed E-state index contributed by atoms with van der Waals surface area (Å²) in [7, 11) is 0. The number of likely N-dealkylation sites (tertiary alicyclic amines) is 1. The Labute approximate surface area is 281 Å². The van der Waals surface area contributed by atoms with Gasteiger partial charge in [0.1, 0.15) is 17.8 Å². The van der Waals surface area contributed by atoms with Crippen LogP contribution in [0.25, 0.3) is 0 Å². The normalized spacial score (nSPS) is 14.9. The van der Waals surface area contributed by atoms with E-state index in [0.29, 0.717) is 43.9 Å². The number of amides is 6. The number of rotatable bonds is 13. The number of hydrogen-bond acceptors (Lipinski definition) is 7. The second-order valence-corrected chi connectivity index (χ2v) is 13.8. The third-order valence-electron chi connectivity index (χ3n) is 7.48. The molecule has 1 aromatic heterocycles. The van der Waals surface area contributed by atoms with Gasteiger partial charge in [0.05, 0.1) is 12.6 Å². The van der Waals surface area contributed by atoms with Gasteiger partial charge in [0.15, 0.2) is 0 Å². The highest BCUT2D eigenvalue weighted by Gasteiger charge is 2.32. The number of benzene rings is 1. The quantitative estimate of drug-likeness (QED) is 0.218. The molecule has 1 saturated heterocycles. The number of halogens is 1. The summed E-state index contributed by atoms with van der Waals surface area (Å²) in [5.74, 6) is -1.74. The second kappa shape index (κ2) is 17.6. The van der Waals surface area contributed by atoms with Crippen molar-refractivity contribution in [3.63, 3.8) is 0 Å². The summed E-state index contributed by atoms with van der Waals surface area (Å²) < 4.78 is 0. The maximum absolute atomic E-state index is 13.6. The van der Waals surface area contributed by atoms with Crippen LogP contribution in [0.4, 0.5) is 4.79 Å². The van der Waals surface area contributed by atoms with Gasteiger partial charge in [0.25, 0.3) is 5.91 Å². The molecule has 0 saturated carbocycles. The fourth-order valence-corrected chi connectivity index (χ4v) is 5.10. The summed E-state index contributed by atoms with van der Waals surface area (Å²) in [6.45, 7) is 11.0. The van der Waals surface area contributed by atoms with E-state index in [4.69, 9.17) is 11.6 Å². The first-order chi connectivity index (χ1) is 22.2. The molecular weight excluding hydrogens is 624 g/mol. The molecule has 6 amide bonds. The van der Waals surface area contributed by atoms with Gasteiger partial charge in [-0.1, -0.05) is 64.4 Å². The van der Waals surface area contributed by atoms with E-state index >= 15 is 0 Å². The van der Waals surface area contributed by atoms with Gasteiger partial charge in [0, 0.05) is 49.6 Å². The number of nitrogens with one attached hydrogen (secondary N) is 5. The van der Waals surface area contributed by atoms with Crippen molar-refractivity contribution in [3.8, 4) is 0 Å². The summed E-state index contributed by atoms with van der Waals surface area (Å²) in [4.78, 5) is 75.1. The van der Waals surface area contributed by atoms with Crippen LogP contribution in [0.3, 0.4) is 0 Å². The van der Waals surface area contributed by atoms with Gasteiger partial charge in [-0.3, -0.25) is 24.2 Å². The highest BCUT2D eigenvalue weighted by atomic mass is 35.5. The van der Waals surface area contributed by atoms with Crippen LogP contribution in [0.5, 0.6) is 0 Å². The number of urea groups is 1. The molecule has 1 aromatic carbocycles. The number of carbonyl (C=O) groups is 5. The molecule has 14 heteroatoms. The van der Waals surface area contributed by atoms with E-state index < -0.39 is 35.8 Å². The Morgan fingerprint density at radius 2 is 1.66 bits per heavy atom.